The monoisotopic (exact) mass is 909 g/mol. The van der Waals surface area contributed by atoms with E-state index in [1.54, 1.807) is 85.6 Å². The molecule has 2 aliphatic heterocycles. The molecule has 2 aliphatic rings. The van der Waals surface area contributed by atoms with Crippen LogP contribution in [0.1, 0.15) is 70.8 Å². The summed E-state index contributed by atoms with van der Waals surface area (Å²) in [7, 11) is 3.22. The third-order valence-corrected chi connectivity index (χ3v) is 11.9. The van der Waals surface area contributed by atoms with Crippen molar-refractivity contribution in [3.8, 4) is 22.9 Å². The maximum atomic E-state index is 13.6. The van der Waals surface area contributed by atoms with Gasteiger partial charge in [-0.25, -0.2) is 28.7 Å². The number of benzene rings is 4. The van der Waals surface area contributed by atoms with E-state index in [0.717, 1.165) is 50.6 Å². The first-order valence-electron chi connectivity index (χ1n) is 21.7. The highest BCUT2D eigenvalue weighted by Gasteiger charge is 2.39. The summed E-state index contributed by atoms with van der Waals surface area (Å²) in [6.07, 6.45) is 15.7. The second-order valence-corrected chi connectivity index (χ2v) is 16.2. The Morgan fingerprint density at radius 2 is 1.03 bits per heavy atom. The van der Waals surface area contributed by atoms with Gasteiger partial charge in [0.2, 0.25) is 0 Å². The van der Waals surface area contributed by atoms with E-state index in [1.807, 2.05) is 104 Å². The van der Waals surface area contributed by atoms with Gasteiger partial charge in [-0.2, -0.15) is 0 Å². The predicted molar refractivity (Wildman–Crippen MR) is 256 cm³/mol. The van der Waals surface area contributed by atoms with Crippen LogP contribution in [-0.4, -0.2) is 60.1 Å². The van der Waals surface area contributed by atoms with Crippen molar-refractivity contribution in [3.05, 3.63) is 197 Å². The summed E-state index contributed by atoms with van der Waals surface area (Å²) in [5.74, 6) is 1.37. The largest absolute Gasteiger partial charge is 0.495 e. The Morgan fingerprint density at radius 1 is 0.559 bits per heavy atom. The van der Waals surface area contributed by atoms with E-state index in [2.05, 4.69) is 24.9 Å². The third-order valence-electron chi connectivity index (χ3n) is 11.9. The van der Waals surface area contributed by atoms with Crippen LogP contribution >= 0.6 is 0 Å². The minimum atomic E-state index is -0.351. The fourth-order valence-electron chi connectivity index (χ4n) is 8.37. The molecular weight excluding hydrogens is 865 g/mol. The summed E-state index contributed by atoms with van der Waals surface area (Å²) in [5.41, 5.74) is 9.00. The van der Waals surface area contributed by atoms with E-state index in [4.69, 9.17) is 9.47 Å². The standard InChI is InChI=1S/C27H23FN4O2.C26H22FN5O2/c1-17-15-31(16-30-17)24-11-6-19(14-25(24)34-3)13-23-22-5-4-12-29-26(22)32(27(23)33)18(2)20-7-9-21(28)10-8-20;1-16-14-31(15-30-16)22-9-4-18(13-23(22)34-3)12-21-24-25(29-11-10-28-24)32(26(21)33)17(2)19-5-7-20(27)8-6-19/h4-16,18H,1-3H3;4-15,17H,1-3H3/b23-13+;21-12+. The Balaban J connectivity index is 0.000000170. The summed E-state index contributed by atoms with van der Waals surface area (Å²) in [6, 6.07) is 26.8. The van der Waals surface area contributed by atoms with Crippen molar-refractivity contribution in [2.24, 2.45) is 0 Å². The fourth-order valence-corrected chi connectivity index (χ4v) is 8.37. The molecular formula is C53H45F2N9O4. The molecule has 0 spiro atoms. The van der Waals surface area contributed by atoms with Gasteiger partial charge in [-0.1, -0.05) is 36.4 Å². The molecule has 2 amide bonds. The van der Waals surface area contributed by atoms with Gasteiger partial charge in [0.25, 0.3) is 11.8 Å². The number of fused-ring (bicyclic) bond motifs is 2. The summed E-state index contributed by atoms with van der Waals surface area (Å²) in [6.45, 7) is 7.65. The Kier molecular flexibility index (Phi) is 12.3. The Morgan fingerprint density at radius 3 is 1.53 bits per heavy atom. The molecule has 13 nitrogen and oxygen atoms in total. The summed E-state index contributed by atoms with van der Waals surface area (Å²) in [4.78, 5) is 52.3. The molecule has 8 aromatic rings. The number of aryl methyl sites for hydroxylation is 2. The lowest BCUT2D eigenvalue weighted by Crippen LogP contribution is -2.30. The number of methoxy groups -OCH3 is 2. The third kappa shape index (κ3) is 8.64. The molecule has 2 atom stereocenters. The molecule has 0 fully saturated rings. The number of aromatic nitrogens is 7. The maximum Gasteiger partial charge on any atom is 0.262 e. The molecule has 0 saturated heterocycles. The van der Waals surface area contributed by atoms with Crippen molar-refractivity contribution in [2.75, 3.05) is 24.0 Å². The first-order valence-corrected chi connectivity index (χ1v) is 21.7. The molecule has 0 saturated carbocycles. The number of nitrogens with zero attached hydrogens (tertiary/aromatic N) is 9. The Bertz CT molecular complexity index is 3040. The van der Waals surface area contributed by atoms with Gasteiger partial charge in [-0.05, 0) is 123 Å². The summed E-state index contributed by atoms with van der Waals surface area (Å²) in [5, 5.41) is 0. The van der Waals surface area contributed by atoms with E-state index >= 15 is 0 Å². The molecule has 68 heavy (non-hydrogen) atoms. The van der Waals surface area contributed by atoms with Gasteiger partial charge in [0.05, 0.1) is 72.9 Å². The molecule has 0 aliphatic carbocycles. The number of ether oxygens (including phenoxy) is 2. The van der Waals surface area contributed by atoms with Crippen molar-refractivity contribution >= 4 is 46.7 Å². The molecule has 0 bridgehead atoms. The van der Waals surface area contributed by atoms with E-state index < -0.39 is 0 Å². The van der Waals surface area contributed by atoms with Crippen LogP contribution in [0, 0.1) is 25.5 Å². The lowest BCUT2D eigenvalue weighted by Gasteiger charge is -2.24. The van der Waals surface area contributed by atoms with Gasteiger partial charge in [-0.15, -0.1) is 0 Å². The highest BCUT2D eigenvalue weighted by atomic mass is 19.1. The molecule has 10 rings (SSSR count). The van der Waals surface area contributed by atoms with Crippen LogP contribution in [0.5, 0.6) is 11.5 Å². The number of hydrogen-bond acceptors (Lipinski definition) is 9. The lowest BCUT2D eigenvalue weighted by molar-refractivity contribution is -0.114. The minimum Gasteiger partial charge on any atom is -0.495 e. The lowest BCUT2D eigenvalue weighted by atomic mass is 10.0. The van der Waals surface area contributed by atoms with Crippen LogP contribution in [0.25, 0.3) is 34.7 Å². The van der Waals surface area contributed by atoms with Gasteiger partial charge in [0.15, 0.2) is 5.82 Å². The molecule has 0 radical (unpaired) electrons. The quantitative estimate of drug-likeness (QED) is 0.123. The SMILES string of the molecule is COc1cc(/C=C2/C(=O)N(C(C)c3ccc(F)cc3)c3ncccc32)ccc1-n1cnc(C)c1.COc1cc(/C=C2/C(=O)N(C(C)c3ccc(F)cc3)c3nccnc32)ccc1-n1cnc(C)c1. The van der Waals surface area contributed by atoms with Crippen LogP contribution < -0.4 is 19.3 Å². The molecule has 4 aromatic heterocycles. The van der Waals surface area contributed by atoms with Gasteiger partial charge >= 0.3 is 0 Å². The molecule has 2 unspecified atom stereocenters. The molecule has 340 valence electrons. The number of carbonyl (C=O) groups excluding carboxylic acids is 2. The van der Waals surface area contributed by atoms with Crippen molar-refractivity contribution in [1.82, 2.24) is 34.1 Å². The number of hydrogen-bond donors (Lipinski definition) is 0. The average Bonchev–Trinajstić information content (AvgIpc) is 4.12. The molecule has 6 heterocycles. The molecule has 4 aromatic carbocycles. The van der Waals surface area contributed by atoms with E-state index in [0.29, 0.717) is 40.0 Å². The topological polar surface area (TPSA) is 133 Å². The van der Waals surface area contributed by atoms with Crippen LogP contribution in [0.15, 0.2) is 141 Å². The van der Waals surface area contributed by atoms with Gasteiger partial charge in [0.1, 0.15) is 34.6 Å². The summed E-state index contributed by atoms with van der Waals surface area (Å²) < 4.78 is 41.9. The first kappa shape index (κ1) is 44.6. The van der Waals surface area contributed by atoms with Crippen molar-refractivity contribution in [2.45, 2.75) is 39.8 Å². The predicted octanol–water partition coefficient (Wildman–Crippen LogP) is 10.1. The number of halogens is 2. The van der Waals surface area contributed by atoms with E-state index in [9.17, 15) is 18.4 Å². The van der Waals surface area contributed by atoms with Crippen LogP contribution in [-0.2, 0) is 9.59 Å². The van der Waals surface area contributed by atoms with Crippen molar-refractivity contribution < 1.29 is 27.8 Å². The molecule has 15 heteroatoms. The van der Waals surface area contributed by atoms with E-state index in [-0.39, 0.29) is 35.5 Å². The number of pyridine rings is 1. The average molecular weight is 910 g/mol. The maximum absolute atomic E-state index is 13.6. The second kappa shape index (κ2) is 18.7. The normalized spacial score (nSPS) is 15.0. The number of amides is 2. The van der Waals surface area contributed by atoms with Crippen LogP contribution in [0.3, 0.4) is 0 Å². The van der Waals surface area contributed by atoms with Gasteiger partial charge < -0.3 is 18.6 Å². The van der Waals surface area contributed by atoms with Crippen LogP contribution in [0.2, 0.25) is 0 Å². The number of anilines is 2. The minimum absolute atomic E-state index is 0.154. The van der Waals surface area contributed by atoms with Gasteiger partial charge in [0, 0.05) is 36.5 Å². The first-order chi connectivity index (χ1) is 32.9. The highest BCUT2D eigenvalue weighted by molar-refractivity contribution is 6.36. The zero-order chi connectivity index (χ0) is 47.6. The Hall–Kier alpha value is -8.59. The van der Waals surface area contributed by atoms with Crippen molar-refractivity contribution in [1.29, 1.82) is 0 Å². The van der Waals surface area contributed by atoms with E-state index in [1.165, 1.54) is 24.3 Å². The number of imidazole rings is 2. The number of rotatable bonds is 10. The fraction of sp³-hybridized carbons (Fsp3) is 0.151. The highest BCUT2D eigenvalue weighted by Crippen LogP contribution is 2.42. The number of carbonyl (C=O) groups is 2. The van der Waals surface area contributed by atoms with Gasteiger partial charge in [-0.3, -0.25) is 24.4 Å². The summed E-state index contributed by atoms with van der Waals surface area (Å²) >= 11 is 0. The zero-order valence-electron chi connectivity index (χ0n) is 38.0. The Labute approximate surface area is 391 Å². The zero-order valence-corrected chi connectivity index (χ0v) is 38.0. The smallest absolute Gasteiger partial charge is 0.262 e. The van der Waals surface area contributed by atoms with Crippen LogP contribution in [0.4, 0.5) is 20.4 Å². The van der Waals surface area contributed by atoms with Crippen molar-refractivity contribution in [3.63, 3.8) is 0 Å². The second-order valence-electron chi connectivity index (χ2n) is 16.2. The molecule has 0 N–H and O–H groups in total.